The third kappa shape index (κ3) is 5.27. The average Bonchev–Trinajstić information content (AvgIpc) is 2.64. The van der Waals surface area contributed by atoms with Crippen LogP contribution in [0.3, 0.4) is 0 Å². The first-order valence-corrected chi connectivity index (χ1v) is 8.33. The Bertz CT molecular complexity index is 674. The summed E-state index contributed by atoms with van der Waals surface area (Å²) in [5.74, 6) is 0.985. The molecule has 0 spiro atoms. The van der Waals surface area contributed by atoms with Crippen molar-refractivity contribution < 1.29 is 14.3 Å². The Balaban J connectivity index is 2.11. The molecule has 0 bridgehead atoms. The molecule has 0 unspecified atom stereocenters. The van der Waals surface area contributed by atoms with E-state index in [4.69, 9.17) is 9.47 Å². The molecule has 24 heavy (non-hydrogen) atoms. The fraction of sp³-hybridized carbons (Fsp3) is 0.286. The normalized spacial score (nSPS) is 11.2. The van der Waals surface area contributed by atoms with Crippen molar-refractivity contribution in [1.29, 1.82) is 0 Å². The molecule has 0 fully saturated rings. The minimum atomic E-state index is -0.132. The van der Waals surface area contributed by atoms with Gasteiger partial charge in [0.2, 0.25) is 5.78 Å². The van der Waals surface area contributed by atoms with Crippen LogP contribution in [0.25, 0.3) is 6.08 Å². The van der Waals surface area contributed by atoms with E-state index in [1.54, 1.807) is 18.2 Å². The van der Waals surface area contributed by atoms with Crippen LogP contribution >= 0.6 is 0 Å². The Morgan fingerprint density at radius 1 is 1.04 bits per heavy atom. The highest BCUT2D eigenvalue weighted by Gasteiger charge is 2.12. The largest absolute Gasteiger partial charge is 0.494 e. The molecular formula is C21H24O3. The SMILES string of the molecule is CCCCCOc1cccc(C=C(OC)C(=O)c2ccccc2)c1. The summed E-state index contributed by atoms with van der Waals surface area (Å²) < 4.78 is 11.0. The van der Waals surface area contributed by atoms with E-state index in [0.717, 1.165) is 17.7 Å². The molecule has 0 radical (unpaired) electrons. The van der Waals surface area contributed by atoms with Crippen LogP contribution in [0, 0.1) is 0 Å². The van der Waals surface area contributed by atoms with Crippen molar-refractivity contribution in [3.8, 4) is 5.75 Å². The third-order valence-electron chi connectivity index (χ3n) is 3.65. The van der Waals surface area contributed by atoms with Gasteiger partial charge in [-0.3, -0.25) is 4.79 Å². The average molecular weight is 324 g/mol. The fourth-order valence-electron chi connectivity index (χ4n) is 2.34. The number of carbonyl (C=O) groups excluding carboxylic acids is 1. The third-order valence-corrected chi connectivity index (χ3v) is 3.65. The number of methoxy groups -OCH3 is 1. The van der Waals surface area contributed by atoms with Crippen LogP contribution in [0.4, 0.5) is 0 Å². The van der Waals surface area contributed by atoms with Crippen molar-refractivity contribution in [1.82, 2.24) is 0 Å². The van der Waals surface area contributed by atoms with Crippen LogP contribution in [0.5, 0.6) is 5.75 Å². The number of Topliss-reactive ketones (excluding diaryl/α,β-unsaturated/α-hetero) is 1. The molecule has 0 aliphatic carbocycles. The van der Waals surface area contributed by atoms with Gasteiger partial charge in [-0.1, -0.05) is 62.2 Å². The van der Waals surface area contributed by atoms with Crippen LogP contribution in [-0.2, 0) is 4.74 Å². The zero-order valence-corrected chi connectivity index (χ0v) is 14.3. The molecule has 0 aliphatic heterocycles. The van der Waals surface area contributed by atoms with Crippen LogP contribution in [0.15, 0.2) is 60.4 Å². The van der Waals surface area contributed by atoms with E-state index < -0.39 is 0 Å². The van der Waals surface area contributed by atoms with Crippen LogP contribution in [-0.4, -0.2) is 19.5 Å². The van der Waals surface area contributed by atoms with Gasteiger partial charge in [-0.2, -0.15) is 0 Å². The Morgan fingerprint density at radius 2 is 1.83 bits per heavy atom. The highest BCUT2D eigenvalue weighted by molar-refractivity contribution is 6.09. The molecule has 2 aromatic carbocycles. The highest BCUT2D eigenvalue weighted by Crippen LogP contribution is 2.18. The first-order chi connectivity index (χ1) is 11.7. The van der Waals surface area contributed by atoms with Crippen molar-refractivity contribution in [3.05, 3.63) is 71.5 Å². The predicted octanol–water partition coefficient (Wildman–Crippen LogP) is 5.13. The number of ketones is 1. The summed E-state index contributed by atoms with van der Waals surface area (Å²) in [6.45, 7) is 2.88. The summed E-state index contributed by atoms with van der Waals surface area (Å²) in [4.78, 5) is 12.5. The minimum Gasteiger partial charge on any atom is -0.494 e. The molecule has 0 N–H and O–H groups in total. The molecule has 0 saturated heterocycles. The molecule has 0 aromatic heterocycles. The molecule has 0 atom stereocenters. The maximum atomic E-state index is 12.5. The van der Waals surface area contributed by atoms with Crippen molar-refractivity contribution in [2.75, 3.05) is 13.7 Å². The summed E-state index contributed by atoms with van der Waals surface area (Å²) in [6.07, 6.45) is 5.13. The van der Waals surface area contributed by atoms with Crippen LogP contribution in [0.1, 0.15) is 42.1 Å². The number of unbranched alkanes of at least 4 members (excludes halogenated alkanes) is 2. The topological polar surface area (TPSA) is 35.5 Å². The van der Waals surface area contributed by atoms with Gasteiger partial charge in [-0.05, 0) is 30.2 Å². The molecule has 0 amide bonds. The summed E-state index contributed by atoms with van der Waals surface area (Å²) in [7, 11) is 1.51. The molecule has 0 heterocycles. The highest BCUT2D eigenvalue weighted by atomic mass is 16.5. The van der Waals surface area contributed by atoms with Crippen LogP contribution < -0.4 is 4.74 Å². The Labute approximate surface area is 143 Å². The monoisotopic (exact) mass is 324 g/mol. The number of benzene rings is 2. The molecular weight excluding hydrogens is 300 g/mol. The van der Waals surface area contributed by atoms with Gasteiger partial charge in [-0.25, -0.2) is 0 Å². The lowest BCUT2D eigenvalue weighted by molar-refractivity contribution is 0.0957. The zero-order valence-electron chi connectivity index (χ0n) is 14.3. The standard InChI is InChI=1S/C21H24O3/c1-3-4-8-14-24-19-13-9-10-17(15-19)16-20(23-2)21(22)18-11-6-5-7-12-18/h5-7,9-13,15-16H,3-4,8,14H2,1-2H3. The van der Waals surface area contributed by atoms with Gasteiger partial charge in [0.25, 0.3) is 0 Å². The van der Waals surface area contributed by atoms with Gasteiger partial charge in [0, 0.05) is 5.56 Å². The number of rotatable bonds is 9. The van der Waals surface area contributed by atoms with E-state index >= 15 is 0 Å². The van der Waals surface area contributed by atoms with Gasteiger partial charge >= 0.3 is 0 Å². The number of carbonyl (C=O) groups is 1. The number of ether oxygens (including phenoxy) is 2. The lowest BCUT2D eigenvalue weighted by Crippen LogP contribution is -2.05. The number of hydrogen-bond donors (Lipinski definition) is 0. The maximum Gasteiger partial charge on any atom is 0.227 e. The van der Waals surface area contributed by atoms with Crippen molar-refractivity contribution in [2.24, 2.45) is 0 Å². The van der Waals surface area contributed by atoms with E-state index in [1.165, 1.54) is 20.0 Å². The second-order valence-electron chi connectivity index (χ2n) is 5.54. The summed E-state index contributed by atoms with van der Waals surface area (Å²) >= 11 is 0. The second-order valence-corrected chi connectivity index (χ2v) is 5.54. The molecule has 2 rings (SSSR count). The molecule has 126 valence electrons. The summed E-state index contributed by atoms with van der Waals surface area (Å²) in [6, 6.07) is 16.8. The Morgan fingerprint density at radius 3 is 2.54 bits per heavy atom. The Kier molecular flexibility index (Phi) is 7.09. The predicted molar refractivity (Wildman–Crippen MR) is 97.2 cm³/mol. The van der Waals surface area contributed by atoms with Crippen molar-refractivity contribution in [3.63, 3.8) is 0 Å². The zero-order chi connectivity index (χ0) is 17.2. The smallest absolute Gasteiger partial charge is 0.227 e. The maximum absolute atomic E-state index is 12.5. The lowest BCUT2D eigenvalue weighted by atomic mass is 10.1. The van der Waals surface area contributed by atoms with Gasteiger partial charge in [-0.15, -0.1) is 0 Å². The van der Waals surface area contributed by atoms with Crippen LogP contribution in [0.2, 0.25) is 0 Å². The fourth-order valence-corrected chi connectivity index (χ4v) is 2.34. The molecule has 0 aliphatic rings. The Hall–Kier alpha value is -2.55. The van der Waals surface area contributed by atoms with Crippen molar-refractivity contribution >= 4 is 11.9 Å². The van der Waals surface area contributed by atoms with Gasteiger partial charge in [0.1, 0.15) is 5.75 Å². The van der Waals surface area contributed by atoms with E-state index in [2.05, 4.69) is 6.92 Å². The second kappa shape index (κ2) is 9.56. The molecule has 0 saturated carbocycles. The van der Waals surface area contributed by atoms with E-state index in [1.807, 2.05) is 42.5 Å². The quantitative estimate of drug-likeness (QED) is 0.278. The number of hydrogen-bond acceptors (Lipinski definition) is 3. The first kappa shape index (κ1) is 17.8. The minimum absolute atomic E-state index is 0.132. The van der Waals surface area contributed by atoms with E-state index in [-0.39, 0.29) is 5.78 Å². The summed E-state index contributed by atoms with van der Waals surface area (Å²) in [5, 5.41) is 0. The lowest BCUT2D eigenvalue weighted by Gasteiger charge is -2.08. The van der Waals surface area contributed by atoms with Gasteiger partial charge in [0.15, 0.2) is 5.76 Å². The van der Waals surface area contributed by atoms with E-state index in [9.17, 15) is 4.79 Å². The summed E-state index contributed by atoms with van der Waals surface area (Å²) in [5.41, 5.74) is 1.49. The molecule has 2 aromatic rings. The van der Waals surface area contributed by atoms with Gasteiger partial charge in [0.05, 0.1) is 13.7 Å². The molecule has 3 heteroatoms. The van der Waals surface area contributed by atoms with Gasteiger partial charge < -0.3 is 9.47 Å². The first-order valence-electron chi connectivity index (χ1n) is 8.33. The molecule has 3 nitrogen and oxygen atoms in total. The number of allylic oxidation sites excluding steroid dienone is 1. The van der Waals surface area contributed by atoms with E-state index in [0.29, 0.717) is 17.9 Å². The van der Waals surface area contributed by atoms with Crippen molar-refractivity contribution in [2.45, 2.75) is 26.2 Å².